The van der Waals surface area contributed by atoms with Crippen LogP contribution in [0, 0.1) is 3.57 Å². The van der Waals surface area contributed by atoms with Crippen LogP contribution in [0.5, 0.6) is 0 Å². The van der Waals surface area contributed by atoms with Gasteiger partial charge in [0.2, 0.25) is 0 Å². The monoisotopic (exact) mass is 385 g/mol. The molecule has 2 rings (SSSR count). The Balaban J connectivity index is 2.43. The highest BCUT2D eigenvalue weighted by Crippen LogP contribution is 2.24. The Labute approximate surface area is 131 Å². The van der Waals surface area contributed by atoms with Crippen LogP contribution in [-0.2, 0) is 6.42 Å². The molecule has 0 unspecified atom stereocenters. The zero-order valence-electron chi connectivity index (χ0n) is 11.0. The molecule has 0 aliphatic rings. The lowest BCUT2D eigenvalue weighted by Crippen LogP contribution is -2.04. The summed E-state index contributed by atoms with van der Waals surface area (Å²) >= 11 is 3.95. The molecule has 19 heavy (non-hydrogen) atoms. The Morgan fingerprint density at radius 1 is 1.21 bits per heavy atom. The third kappa shape index (κ3) is 3.39. The molecule has 0 atom stereocenters. The fourth-order valence-corrected chi connectivity index (χ4v) is 2.70. The van der Waals surface area contributed by atoms with Gasteiger partial charge in [0.1, 0.15) is 5.82 Å². The van der Waals surface area contributed by atoms with E-state index in [1.54, 1.807) is 11.8 Å². The molecule has 2 N–H and O–H groups in total. The van der Waals surface area contributed by atoms with Gasteiger partial charge in [0.05, 0.1) is 9.26 Å². The summed E-state index contributed by atoms with van der Waals surface area (Å²) in [5.41, 5.74) is 8.04. The Kier molecular flexibility index (Phi) is 5.04. The molecule has 1 heterocycles. The summed E-state index contributed by atoms with van der Waals surface area (Å²) in [4.78, 5) is 10.3. The maximum absolute atomic E-state index is 5.98. The van der Waals surface area contributed by atoms with Gasteiger partial charge in [-0.15, -0.1) is 11.8 Å². The number of nitrogens with zero attached hydrogens (tertiary/aromatic N) is 2. The average Bonchev–Trinajstić information content (AvgIpc) is 2.44. The molecule has 5 heteroatoms. The minimum Gasteiger partial charge on any atom is -0.383 e. The molecule has 0 bridgehead atoms. The molecule has 0 saturated heterocycles. The Hall–Kier alpha value is -0.820. The summed E-state index contributed by atoms with van der Waals surface area (Å²) in [6.07, 6.45) is 4.05. The normalized spacial score (nSPS) is 10.7. The zero-order valence-corrected chi connectivity index (χ0v) is 14.0. The van der Waals surface area contributed by atoms with Gasteiger partial charge in [0.15, 0.2) is 5.82 Å². The van der Waals surface area contributed by atoms with E-state index in [9.17, 15) is 0 Å². The fraction of sp³-hybridized carbons (Fsp3) is 0.286. The number of rotatable bonds is 4. The molecule has 3 nitrogen and oxygen atoms in total. The molecule has 1 aromatic heterocycles. The lowest BCUT2D eigenvalue weighted by atomic mass is 10.2. The molecule has 0 amide bonds. The number of nitrogens with two attached hydrogens (primary N) is 1. The average molecular weight is 385 g/mol. The van der Waals surface area contributed by atoms with E-state index in [0.29, 0.717) is 11.6 Å². The molecule has 0 spiro atoms. The van der Waals surface area contributed by atoms with Crippen molar-refractivity contribution in [3.8, 4) is 11.4 Å². The summed E-state index contributed by atoms with van der Waals surface area (Å²) in [5.74, 6) is 1.29. The quantitative estimate of drug-likeness (QED) is 0.639. The number of halogens is 1. The van der Waals surface area contributed by atoms with Crippen LogP contribution in [0.3, 0.4) is 0 Å². The fourth-order valence-electron chi connectivity index (χ4n) is 1.78. The van der Waals surface area contributed by atoms with Crippen molar-refractivity contribution in [1.82, 2.24) is 9.97 Å². The number of nitrogen functional groups attached to an aromatic ring is 1. The van der Waals surface area contributed by atoms with Crippen molar-refractivity contribution in [2.24, 2.45) is 0 Å². The summed E-state index contributed by atoms with van der Waals surface area (Å²) < 4.78 is 0.976. The topological polar surface area (TPSA) is 51.8 Å². The van der Waals surface area contributed by atoms with Crippen LogP contribution in [0.4, 0.5) is 5.82 Å². The van der Waals surface area contributed by atoms with Gasteiger partial charge in [-0.2, -0.15) is 0 Å². The largest absolute Gasteiger partial charge is 0.383 e. The van der Waals surface area contributed by atoms with Crippen LogP contribution in [0.1, 0.15) is 19.0 Å². The summed E-state index contributed by atoms with van der Waals surface area (Å²) in [5, 5.41) is 0. The molecule has 100 valence electrons. The molecule has 0 saturated carbocycles. The van der Waals surface area contributed by atoms with E-state index in [1.807, 2.05) is 12.1 Å². The highest BCUT2D eigenvalue weighted by Gasteiger charge is 2.10. The van der Waals surface area contributed by atoms with E-state index < -0.39 is 0 Å². The van der Waals surface area contributed by atoms with Gasteiger partial charge in [-0.05, 0) is 47.4 Å². The van der Waals surface area contributed by atoms with Crippen molar-refractivity contribution in [1.29, 1.82) is 0 Å². The molecular formula is C14H16IN3S. The Morgan fingerprint density at radius 3 is 2.47 bits per heavy atom. The van der Waals surface area contributed by atoms with Gasteiger partial charge in [-0.1, -0.05) is 25.5 Å². The lowest BCUT2D eigenvalue weighted by Gasteiger charge is -2.08. The standard InChI is InChI=1S/C14H16IN3S/c1-3-4-11-12(15)13(16)18-14(17-11)9-5-7-10(19-2)8-6-9/h5-8H,3-4H2,1-2H3,(H2,16,17,18). The van der Waals surface area contributed by atoms with E-state index >= 15 is 0 Å². The second-order valence-electron chi connectivity index (χ2n) is 4.17. The lowest BCUT2D eigenvalue weighted by molar-refractivity contribution is 0.869. The summed E-state index contributed by atoms with van der Waals surface area (Å²) in [6, 6.07) is 8.25. The summed E-state index contributed by atoms with van der Waals surface area (Å²) in [6.45, 7) is 2.14. The Bertz CT molecular complexity index is 570. The van der Waals surface area contributed by atoms with Crippen molar-refractivity contribution in [2.45, 2.75) is 24.7 Å². The van der Waals surface area contributed by atoms with Crippen molar-refractivity contribution < 1.29 is 0 Å². The van der Waals surface area contributed by atoms with E-state index in [0.717, 1.165) is 27.7 Å². The van der Waals surface area contributed by atoms with Crippen molar-refractivity contribution in [3.05, 3.63) is 33.5 Å². The molecule has 0 radical (unpaired) electrons. The van der Waals surface area contributed by atoms with Crippen LogP contribution >= 0.6 is 34.4 Å². The Morgan fingerprint density at radius 2 is 1.89 bits per heavy atom. The third-order valence-electron chi connectivity index (χ3n) is 2.78. The van der Waals surface area contributed by atoms with Gasteiger partial charge in [-0.25, -0.2) is 9.97 Å². The van der Waals surface area contributed by atoms with Crippen LogP contribution in [-0.4, -0.2) is 16.2 Å². The third-order valence-corrected chi connectivity index (χ3v) is 4.70. The first-order valence-electron chi connectivity index (χ1n) is 6.12. The van der Waals surface area contributed by atoms with Gasteiger partial charge >= 0.3 is 0 Å². The molecule has 0 aliphatic heterocycles. The SMILES string of the molecule is CCCc1nc(-c2ccc(SC)cc2)nc(N)c1I. The van der Waals surface area contributed by atoms with E-state index in [4.69, 9.17) is 5.73 Å². The maximum atomic E-state index is 5.98. The minimum absolute atomic E-state index is 0.572. The minimum atomic E-state index is 0.572. The number of hydrogen-bond acceptors (Lipinski definition) is 4. The number of benzene rings is 1. The van der Waals surface area contributed by atoms with Crippen molar-refractivity contribution in [2.75, 3.05) is 12.0 Å². The van der Waals surface area contributed by atoms with E-state index in [1.165, 1.54) is 4.90 Å². The molecular weight excluding hydrogens is 369 g/mol. The van der Waals surface area contributed by atoms with Crippen molar-refractivity contribution in [3.63, 3.8) is 0 Å². The predicted molar refractivity (Wildman–Crippen MR) is 90.4 cm³/mol. The van der Waals surface area contributed by atoms with Gasteiger partial charge in [-0.3, -0.25) is 0 Å². The van der Waals surface area contributed by atoms with Gasteiger partial charge in [0, 0.05) is 10.5 Å². The van der Waals surface area contributed by atoms with Gasteiger partial charge in [0.25, 0.3) is 0 Å². The van der Waals surface area contributed by atoms with E-state index in [-0.39, 0.29) is 0 Å². The highest BCUT2D eigenvalue weighted by molar-refractivity contribution is 14.1. The zero-order chi connectivity index (χ0) is 13.8. The predicted octanol–water partition coefficient (Wildman–Crippen LogP) is 4.00. The van der Waals surface area contributed by atoms with Gasteiger partial charge < -0.3 is 5.73 Å². The molecule has 1 aromatic carbocycles. The van der Waals surface area contributed by atoms with Crippen LogP contribution < -0.4 is 5.73 Å². The van der Waals surface area contributed by atoms with Crippen LogP contribution in [0.2, 0.25) is 0 Å². The number of aryl methyl sites for hydroxylation is 1. The van der Waals surface area contributed by atoms with Crippen LogP contribution in [0.25, 0.3) is 11.4 Å². The number of anilines is 1. The number of hydrogen-bond donors (Lipinski definition) is 1. The maximum Gasteiger partial charge on any atom is 0.161 e. The van der Waals surface area contributed by atoms with Crippen molar-refractivity contribution >= 4 is 40.2 Å². The molecule has 0 fully saturated rings. The first-order chi connectivity index (χ1) is 9.15. The highest BCUT2D eigenvalue weighted by atomic mass is 127. The number of thioether (sulfide) groups is 1. The summed E-state index contributed by atoms with van der Waals surface area (Å²) in [7, 11) is 0. The van der Waals surface area contributed by atoms with E-state index in [2.05, 4.69) is 57.9 Å². The van der Waals surface area contributed by atoms with Crippen LogP contribution in [0.15, 0.2) is 29.2 Å². The first kappa shape index (κ1) is 14.6. The molecule has 0 aliphatic carbocycles. The second-order valence-corrected chi connectivity index (χ2v) is 6.13. The smallest absolute Gasteiger partial charge is 0.161 e. The first-order valence-corrected chi connectivity index (χ1v) is 8.42. The second kappa shape index (κ2) is 6.56. The molecule has 2 aromatic rings. The number of aromatic nitrogens is 2.